The summed E-state index contributed by atoms with van der Waals surface area (Å²) < 4.78 is 0. The minimum Gasteiger partial charge on any atom is -0.309 e. The quantitative estimate of drug-likeness (QED) is 0.768. The first-order chi connectivity index (χ1) is 6.84. The second-order valence-electron chi connectivity index (χ2n) is 3.99. The van der Waals surface area contributed by atoms with Crippen LogP contribution in [0, 0.1) is 0 Å². The van der Waals surface area contributed by atoms with Crippen LogP contribution in [0.15, 0.2) is 24.5 Å². The third-order valence-electron chi connectivity index (χ3n) is 2.71. The van der Waals surface area contributed by atoms with Crippen LogP contribution in [-0.4, -0.2) is 36.1 Å². The number of likely N-dealkylation sites (N-methyl/N-ethyl adjacent to an activating group) is 1. The normalized spacial score (nSPS) is 22.8. The molecular formula is C11H17N3. The van der Waals surface area contributed by atoms with Gasteiger partial charge in [-0.05, 0) is 31.6 Å². The molecule has 1 saturated heterocycles. The molecule has 0 aliphatic carbocycles. The maximum atomic E-state index is 4.09. The monoisotopic (exact) mass is 191 g/mol. The first kappa shape index (κ1) is 9.62. The second-order valence-corrected chi connectivity index (χ2v) is 3.99. The van der Waals surface area contributed by atoms with E-state index in [1.165, 1.54) is 25.1 Å². The topological polar surface area (TPSA) is 28.2 Å². The van der Waals surface area contributed by atoms with E-state index in [1.54, 1.807) is 0 Å². The molecule has 1 aromatic heterocycles. The molecule has 1 aliphatic heterocycles. The zero-order valence-electron chi connectivity index (χ0n) is 8.61. The summed E-state index contributed by atoms with van der Waals surface area (Å²) in [7, 11) is 2.17. The zero-order chi connectivity index (χ0) is 9.80. The minimum absolute atomic E-state index is 0.653. The van der Waals surface area contributed by atoms with Crippen molar-refractivity contribution in [2.24, 2.45) is 0 Å². The Hall–Kier alpha value is -0.930. The Bertz CT molecular complexity index is 273. The third kappa shape index (κ3) is 2.53. The summed E-state index contributed by atoms with van der Waals surface area (Å²) >= 11 is 0. The first-order valence-corrected chi connectivity index (χ1v) is 5.15. The Morgan fingerprint density at radius 2 is 2.57 bits per heavy atom. The van der Waals surface area contributed by atoms with Crippen LogP contribution in [0.3, 0.4) is 0 Å². The molecule has 0 saturated carbocycles. The molecule has 3 nitrogen and oxygen atoms in total. The zero-order valence-corrected chi connectivity index (χ0v) is 8.61. The van der Waals surface area contributed by atoms with E-state index in [-0.39, 0.29) is 0 Å². The van der Waals surface area contributed by atoms with Crippen LogP contribution >= 0.6 is 0 Å². The second kappa shape index (κ2) is 4.53. The molecule has 0 amide bonds. The van der Waals surface area contributed by atoms with Crippen LogP contribution in [0.25, 0.3) is 0 Å². The highest BCUT2D eigenvalue weighted by Gasteiger charge is 2.18. The Labute approximate surface area is 85.1 Å². The number of hydrogen-bond donors (Lipinski definition) is 1. The van der Waals surface area contributed by atoms with E-state index in [0.717, 1.165) is 6.54 Å². The van der Waals surface area contributed by atoms with Gasteiger partial charge in [0, 0.05) is 31.5 Å². The highest BCUT2D eigenvalue weighted by Crippen LogP contribution is 2.07. The van der Waals surface area contributed by atoms with Crippen LogP contribution < -0.4 is 5.32 Å². The predicted octanol–water partition coefficient (Wildman–Crippen LogP) is 0.875. The lowest BCUT2D eigenvalue weighted by Crippen LogP contribution is -2.30. The van der Waals surface area contributed by atoms with Crippen molar-refractivity contribution < 1.29 is 0 Å². The van der Waals surface area contributed by atoms with E-state index >= 15 is 0 Å². The molecule has 0 bridgehead atoms. The average molecular weight is 191 g/mol. The van der Waals surface area contributed by atoms with Gasteiger partial charge in [-0.25, -0.2) is 0 Å². The fourth-order valence-electron chi connectivity index (χ4n) is 1.87. The number of nitrogens with zero attached hydrogens (tertiary/aromatic N) is 2. The summed E-state index contributed by atoms with van der Waals surface area (Å²) in [5, 5.41) is 3.55. The van der Waals surface area contributed by atoms with Gasteiger partial charge in [0.1, 0.15) is 0 Å². The van der Waals surface area contributed by atoms with Crippen molar-refractivity contribution in [3.8, 4) is 0 Å². The van der Waals surface area contributed by atoms with Crippen molar-refractivity contribution in [1.29, 1.82) is 0 Å². The molecule has 1 N–H and O–H groups in total. The summed E-state index contributed by atoms with van der Waals surface area (Å²) in [5.41, 5.74) is 1.27. The van der Waals surface area contributed by atoms with E-state index in [2.05, 4.69) is 28.3 Å². The largest absolute Gasteiger partial charge is 0.309 e. The molecule has 76 valence electrons. The lowest BCUT2D eigenvalue weighted by molar-refractivity contribution is 0.397. The van der Waals surface area contributed by atoms with Crippen molar-refractivity contribution in [3.63, 3.8) is 0 Å². The predicted molar refractivity (Wildman–Crippen MR) is 57.0 cm³/mol. The van der Waals surface area contributed by atoms with Gasteiger partial charge in [-0.3, -0.25) is 4.98 Å². The van der Waals surface area contributed by atoms with Crippen LogP contribution in [0.4, 0.5) is 0 Å². The lowest BCUT2D eigenvalue weighted by Gasteiger charge is -2.12. The van der Waals surface area contributed by atoms with Crippen LogP contribution in [0.5, 0.6) is 0 Å². The molecule has 0 unspecified atom stereocenters. The van der Waals surface area contributed by atoms with Crippen molar-refractivity contribution in [2.45, 2.75) is 19.0 Å². The van der Waals surface area contributed by atoms with E-state index < -0.39 is 0 Å². The van der Waals surface area contributed by atoms with E-state index in [9.17, 15) is 0 Å². The maximum absolute atomic E-state index is 4.09. The Kier molecular flexibility index (Phi) is 3.11. The Morgan fingerprint density at radius 3 is 3.21 bits per heavy atom. The molecule has 14 heavy (non-hydrogen) atoms. The van der Waals surface area contributed by atoms with Gasteiger partial charge in [-0.15, -0.1) is 0 Å². The summed E-state index contributed by atoms with van der Waals surface area (Å²) in [6.07, 6.45) is 5.00. The minimum atomic E-state index is 0.653. The van der Waals surface area contributed by atoms with Crippen molar-refractivity contribution in [1.82, 2.24) is 15.2 Å². The van der Waals surface area contributed by atoms with Crippen LogP contribution in [-0.2, 0) is 6.54 Å². The molecular weight excluding hydrogens is 174 g/mol. The third-order valence-corrected chi connectivity index (χ3v) is 2.71. The molecule has 1 atom stereocenters. The molecule has 2 rings (SSSR count). The number of likely N-dealkylation sites (tertiary alicyclic amines) is 1. The van der Waals surface area contributed by atoms with Crippen molar-refractivity contribution >= 4 is 0 Å². The number of rotatable bonds is 3. The summed E-state index contributed by atoms with van der Waals surface area (Å²) in [6.45, 7) is 3.32. The highest BCUT2D eigenvalue weighted by molar-refractivity contribution is 5.08. The van der Waals surface area contributed by atoms with Gasteiger partial charge in [0.15, 0.2) is 0 Å². The number of aromatic nitrogens is 1. The fourth-order valence-corrected chi connectivity index (χ4v) is 1.87. The first-order valence-electron chi connectivity index (χ1n) is 5.15. The van der Waals surface area contributed by atoms with Gasteiger partial charge in [0.2, 0.25) is 0 Å². The van der Waals surface area contributed by atoms with Gasteiger partial charge in [-0.2, -0.15) is 0 Å². The molecule has 3 heteroatoms. The molecule has 1 fully saturated rings. The molecule has 0 radical (unpaired) electrons. The summed E-state index contributed by atoms with van der Waals surface area (Å²) in [6, 6.07) is 4.75. The summed E-state index contributed by atoms with van der Waals surface area (Å²) in [5.74, 6) is 0. The van der Waals surface area contributed by atoms with Crippen molar-refractivity contribution in [2.75, 3.05) is 20.1 Å². The maximum Gasteiger partial charge on any atom is 0.0312 e. The number of hydrogen-bond acceptors (Lipinski definition) is 3. The highest BCUT2D eigenvalue weighted by atomic mass is 15.2. The molecule has 0 spiro atoms. The van der Waals surface area contributed by atoms with Gasteiger partial charge in [0.25, 0.3) is 0 Å². The summed E-state index contributed by atoms with van der Waals surface area (Å²) in [4.78, 5) is 6.46. The average Bonchev–Trinajstić information content (AvgIpc) is 2.63. The van der Waals surface area contributed by atoms with Crippen LogP contribution in [0.1, 0.15) is 12.0 Å². The van der Waals surface area contributed by atoms with Gasteiger partial charge < -0.3 is 10.2 Å². The van der Waals surface area contributed by atoms with E-state index in [1.807, 2.05) is 18.5 Å². The molecule has 1 aliphatic rings. The Balaban J connectivity index is 1.78. The van der Waals surface area contributed by atoms with Crippen molar-refractivity contribution in [3.05, 3.63) is 30.1 Å². The smallest absolute Gasteiger partial charge is 0.0312 e. The number of pyridine rings is 1. The SMILES string of the molecule is CN1CC[C@H](NCc2cccnc2)C1. The van der Waals surface area contributed by atoms with E-state index in [4.69, 9.17) is 0 Å². The fraction of sp³-hybridized carbons (Fsp3) is 0.545. The van der Waals surface area contributed by atoms with Crippen LogP contribution in [0.2, 0.25) is 0 Å². The Morgan fingerprint density at radius 1 is 1.64 bits per heavy atom. The molecule has 0 aromatic carbocycles. The molecule has 2 heterocycles. The van der Waals surface area contributed by atoms with Gasteiger partial charge >= 0.3 is 0 Å². The standard InChI is InChI=1S/C11H17N3/c1-14-6-4-11(9-14)13-8-10-3-2-5-12-7-10/h2-3,5,7,11,13H,4,6,8-9H2,1H3/t11-/m0/s1. The lowest BCUT2D eigenvalue weighted by atomic mass is 10.2. The molecule has 1 aromatic rings. The van der Waals surface area contributed by atoms with Gasteiger partial charge in [0.05, 0.1) is 0 Å². The number of nitrogens with one attached hydrogen (secondary N) is 1. The van der Waals surface area contributed by atoms with E-state index in [0.29, 0.717) is 6.04 Å². The van der Waals surface area contributed by atoms with Gasteiger partial charge in [-0.1, -0.05) is 6.07 Å².